The fraction of sp³-hybridized carbons (Fsp3) is 0.130. The van der Waals surface area contributed by atoms with Gasteiger partial charge in [0.25, 0.3) is 5.91 Å². The van der Waals surface area contributed by atoms with Gasteiger partial charge in [-0.3, -0.25) is 9.89 Å². The predicted octanol–water partition coefficient (Wildman–Crippen LogP) is 4.69. The molecule has 0 saturated carbocycles. The molecule has 1 unspecified atom stereocenters. The number of nitrogens with one attached hydrogen (secondary N) is 2. The minimum absolute atomic E-state index is 0.0969. The number of anilines is 1. The molecule has 0 saturated heterocycles. The lowest BCUT2D eigenvalue weighted by Gasteiger charge is -2.14. The summed E-state index contributed by atoms with van der Waals surface area (Å²) in [4.78, 5) is 12.5. The first-order chi connectivity index (χ1) is 14.6. The molecular formula is C23H20FN3O3. The van der Waals surface area contributed by atoms with Crippen molar-refractivity contribution in [2.24, 2.45) is 0 Å². The summed E-state index contributed by atoms with van der Waals surface area (Å²) < 4.78 is 25.1. The number of rotatable bonds is 7. The quantitative estimate of drug-likeness (QED) is 0.468. The van der Waals surface area contributed by atoms with Gasteiger partial charge in [-0.2, -0.15) is 5.10 Å². The molecule has 0 fully saturated rings. The molecule has 4 aromatic rings. The van der Waals surface area contributed by atoms with Gasteiger partial charge < -0.3 is 14.8 Å². The van der Waals surface area contributed by atoms with Crippen molar-refractivity contribution in [3.05, 3.63) is 84.2 Å². The van der Waals surface area contributed by atoms with Crippen LogP contribution in [0.15, 0.2) is 72.8 Å². The smallest absolute Gasteiger partial charge is 0.266 e. The molecule has 0 aliphatic carbocycles. The van der Waals surface area contributed by atoms with Gasteiger partial charge in [-0.15, -0.1) is 0 Å². The molecule has 0 bridgehead atoms. The largest absolute Gasteiger partial charge is 0.489 e. The van der Waals surface area contributed by atoms with Gasteiger partial charge in [-0.05, 0) is 43.3 Å². The normalized spacial score (nSPS) is 11.8. The van der Waals surface area contributed by atoms with Crippen LogP contribution in [-0.4, -0.2) is 22.2 Å². The molecular weight excluding hydrogens is 385 g/mol. The number of nitrogens with zero attached hydrogens (tertiary/aromatic N) is 1. The molecule has 6 nitrogen and oxygen atoms in total. The molecule has 0 aliphatic rings. The first-order valence-corrected chi connectivity index (χ1v) is 9.47. The zero-order valence-corrected chi connectivity index (χ0v) is 16.3. The van der Waals surface area contributed by atoms with E-state index < -0.39 is 6.10 Å². The molecule has 1 amide bonds. The molecule has 0 aliphatic heterocycles. The lowest BCUT2D eigenvalue weighted by Crippen LogP contribution is -2.30. The first kappa shape index (κ1) is 19.4. The SMILES string of the molecule is CC(Oc1ccccc1)C(=O)Nc1n[nH]c2ccc(OCc3ccccc3F)cc12. The summed E-state index contributed by atoms with van der Waals surface area (Å²) in [6.07, 6.45) is -0.709. The molecule has 7 heteroatoms. The summed E-state index contributed by atoms with van der Waals surface area (Å²) >= 11 is 0. The molecule has 152 valence electrons. The van der Waals surface area contributed by atoms with E-state index in [0.29, 0.717) is 28.3 Å². The van der Waals surface area contributed by atoms with Crippen LogP contribution in [0.3, 0.4) is 0 Å². The van der Waals surface area contributed by atoms with Gasteiger partial charge >= 0.3 is 0 Å². The number of halogens is 1. The highest BCUT2D eigenvalue weighted by atomic mass is 19.1. The topological polar surface area (TPSA) is 76.2 Å². The number of amides is 1. The zero-order valence-electron chi connectivity index (χ0n) is 16.3. The van der Waals surface area contributed by atoms with Gasteiger partial charge in [0.1, 0.15) is 23.9 Å². The van der Waals surface area contributed by atoms with Crippen LogP contribution in [0.1, 0.15) is 12.5 Å². The second-order valence-electron chi connectivity index (χ2n) is 6.72. The van der Waals surface area contributed by atoms with Crippen molar-refractivity contribution in [1.82, 2.24) is 10.2 Å². The van der Waals surface area contributed by atoms with E-state index in [1.165, 1.54) is 6.07 Å². The minimum atomic E-state index is -0.709. The van der Waals surface area contributed by atoms with E-state index in [4.69, 9.17) is 9.47 Å². The number of carbonyl (C=O) groups excluding carboxylic acids is 1. The molecule has 0 radical (unpaired) electrons. The van der Waals surface area contributed by atoms with Gasteiger partial charge in [0.05, 0.1) is 5.52 Å². The summed E-state index contributed by atoms with van der Waals surface area (Å²) in [6.45, 7) is 1.76. The van der Waals surface area contributed by atoms with Crippen molar-refractivity contribution >= 4 is 22.6 Å². The monoisotopic (exact) mass is 405 g/mol. The minimum Gasteiger partial charge on any atom is -0.489 e. The second kappa shape index (κ2) is 8.65. The molecule has 30 heavy (non-hydrogen) atoms. The number of hydrogen-bond acceptors (Lipinski definition) is 4. The van der Waals surface area contributed by atoms with E-state index in [1.54, 1.807) is 55.5 Å². The van der Waals surface area contributed by atoms with Crippen LogP contribution in [0.25, 0.3) is 10.9 Å². The molecule has 1 heterocycles. The Hall–Kier alpha value is -3.87. The summed E-state index contributed by atoms with van der Waals surface area (Å²) in [6, 6.07) is 20.9. The molecule has 3 aromatic carbocycles. The average Bonchev–Trinajstić information content (AvgIpc) is 3.16. The van der Waals surface area contributed by atoms with Crippen LogP contribution in [0.5, 0.6) is 11.5 Å². The van der Waals surface area contributed by atoms with Crippen LogP contribution in [0.2, 0.25) is 0 Å². The fourth-order valence-corrected chi connectivity index (χ4v) is 2.93. The Balaban J connectivity index is 1.46. The van der Waals surface area contributed by atoms with Crippen molar-refractivity contribution in [2.75, 3.05) is 5.32 Å². The number of ether oxygens (including phenoxy) is 2. The van der Waals surface area contributed by atoms with Gasteiger partial charge in [-0.1, -0.05) is 36.4 Å². The Morgan fingerprint density at radius 1 is 1.07 bits per heavy atom. The van der Waals surface area contributed by atoms with Crippen molar-refractivity contribution < 1.29 is 18.7 Å². The molecule has 4 rings (SSSR count). The Kier molecular flexibility index (Phi) is 5.61. The second-order valence-corrected chi connectivity index (χ2v) is 6.72. The lowest BCUT2D eigenvalue weighted by atomic mass is 10.2. The number of fused-ring (bicyclic) bond motifs is 1. The van der Waals surface area contributed by atoms with Gasteiger partial charge in [-0.25, -0.2) is 4.39 Å². The number of benzene rings is 3. The van der Waals surface area contributed by atoms with Gasteiger partial charge in [0.2, 0.25) is 0 Å². The van der Waals surface area contributed by atoms with Crippen LogP contribution in [0, 0.1) is 5.82 Å². The Morgan fingerprint density at radius 3 is 2.63 bits per heavy atom. The fourth-order valence-electron chi connectivity index (χ4n) is 2.93. The number of hydrogen-bond donors (Lipinski definition) is 2. The van der Waals surface area contributed by atoms with Crippen molar-refractivity contribution in [3.63, 3.8) is 0 Å². The van der Waals surface area contributed by atoms with E-state index in [1.807, 2.05) is 18.2 Å². The maximum Gasteiger partial charge on any atom is 0.266 e. The highest BCUT2D eigenvalue weighted by Crippen LogP contribution is 2.26. The third-order valence-electron chi connectivity index (χ3n) is 4.55. The van der Waals surface area contributed by atoms with E-state index in [-0.39, 0.29) is 18.3 Å². The summed E-state index contributed by atoms with van der Waals surface area (Å²) in [5.41, 5.74) is 1.20. The molecule has 2 N–H and O–H groups in total. The maximum atomic E-state index is 13.8. The summed E-state index contributed by atoms with van der Waals surface area (Å²) in [5, 5.41) is 10.5. The Bertz CT molecular complexity index is 1160. The van der Waals surface area contributed by atoms with Crippen molar-refractivity contribution in [2.45, 2.75) is 19.6 Å². The molecule has 1 atom stereocenters. The van der Waals surface area contributed by atoms with E-state index in [9.17, 15) is 9.18 Å². The van der Waals surface area contributed by atoms with Crippen LogP contribution < -0.4 is 14.8 Å². The van der Waals surface area contributed by atoms with E-state index in [0.717, 1.165) is 5.52 Å². The number of para-hydroxylation sites is 1. The third kappa shape index (κ3) is 4.41. The maximum absolute atomic E-state index is 13.8. The number of aromatic nitrogens is 2. The van der Waals surface area contributed by atoms with Crippen LogP contribution >= 0.6 is 0 Å². The number of carbonyl (C=O) groups is 1. The van der Waals surface area contributed by atoms with Crippen molar-refractivity contribution in [3.8, 4) is 11.5 Å². The van der Waals surface area contributed by atoms with Crippen molar-refractivity contribution in [1.29, 1.82) is 0 Å². The summed E-state index contributed by atoms with van der Waals surface area (Å²) in [5.74, 6) is 0.870. The first-order valence-electron chi connectivity index (χ1n) is 9.47. The molecule has 0 spiro atoms. The van der Waals surface area contributed by atoms with Crippen LogP contribution in [0.4, 0.5) is 10.2 Å². The Labute approximate surface area is 172 Å². The third-order valence-corrected chi connectivity index (χ3v) is 4.55. The van der Waals surface area contributed by atoms with Gasteiger partial charge in [0, 0.05) is 10.9 Å². The van der Waals surface area contributed by atoms with Gasteiger partial charge in [0.15, 0.2) is 11.9 Å². The highest BCUT2D eigenvalue weighted by molar-refractivity contribution is 6.01. The zero-order chi connectivity index (χ0) is 20.9. The number of H-pyrrole nitrogens is 1. The Morgan fingerprint density at radius 2 is 1.83 bits per heavy atom. The van der Waals surface area contributed by atoms with Crippen LogP contribution in [-0.2, 0) is 11.4 Å². The van der Waals surface area contributed by atoms with E-state index in [2.05, 4.69) is 15.5 Å². The van der Waals surface area contributed by atoms with E-state index >= 15 is 0 Å². The molecule has 1 aromatic heterocycles. The lowest BCUT2D eigenvalue weighted by molar-refractivity contribution is -0.122. The standard InChI is InChI=1S/C23H20FN3O3/c1-15(30-17-8-3-2-4-9-17)23(28)25-22-19-13-18(11-12-21(19)26-27-22)29-14-16-7-5-6-10-20(16)24/h2-13,15H,14H2,1H3,(H2,25,26,27,28). The highest BCUT2D eigenvalue weighted by Gasteiger charge is 2.18. The summed E-state index contributed by atoms with van der Waals surface area (Å²) in [7, 11) is 0. The predicted molar refractivity (Wildman–Crippen MR) is 112 cm³/mol. The average molecular weight is 405 g/mol. The number of aromatic amines is 1.